The van der Waals surface area contributed by atoms with Gasteiger partial charge in [0.2, 0.25) is 0 Å². The Hall–Kier alpha value is -0.930. The first kappa shape index (κ1) is 11.2. The van der Waals surface area contributed by atoms with Gasteiger partial charge in [0, 0.05) is 12.2 Å². The monoisotopic (exact) mass is 246 g/mol. The number of aromatic nitrogens is 1. The highest BCUT2D eigenvalue weighted by Crippen LogP contribution is 2.38. The van der Waals surface area contributed by atoms with E-state index in [-0.39, 0.29) is 0 Å². The number of hydrogen-bond donors (Lipinski definition) is 1. The third-order valence-electron chi connectivity index (χ3n) is 3.73. The molecule has 2 nitrogen and oxygen atoms in total. The molecule has 0 saturated heterocycles. The molecule has 17 heavy (non-hydrogen) atoms. The van der Waals surface area contributed by atoms with Crippen molar-refractivity contribution in [1.82, 2.24) is 10.3 Å². The highest BCUT2D eigenvalue weighted by atomic mass is 32.1. The second-order valence-electron chi connectivity index (χ2n) is 4.80. The fourth-order valence-corrected chi connectivity index (χ4v) is 3.37. The summed E-state index contributed by atoms with van der Waals surface area (Å²) in [5.74, 6) is 0.814. The van der Waals surface area contributed by atoms with Crippen molar-refractivity contribution in [2.45, 2.75) is 32.2 Å². The molecular formula is C14H18N2S. The molecule has 3 heteroatoms. The molecule has 90 valence electrons. The van der Waals surface area contributed by atoms with E-state index in [1.807, 2.05) is 0 Å². The molecule has 3 rings (SSSR count). The lowest BCUT2D eigenvalue weighted by molar-refractivity contribution is 0.233. The van der Waals surface area contributed by atoms with E-state index in [9.17, 15) is 0 Å². The Kier molecular flexibility index (Phi) is 3.12. The highest BCUT2D eigenvalue weighted by Gasteiger charge is 2.28. The quantitative estimate of drug-likeness (QED) is 0.888. The molecule has 0 aromatic carbocycles. The molecule has 1 aliphatic rings. The van der Waals surface area contributed by atoms with E-state index in [1.54, 1.807) is 11.3 Å². The van der Waals surface area contributed by atoms with Crippen LogP contribution in [0.2, 0.25) is 0 Å². The number of rotatable bonds is 4. The molecule has 0 bridgehead atoms. The van der Waals surface area contributed by atoms with Crippen LogP contribution in [0.25, 0.3) is 10.2 Å². The fourth-order valence-electron chi connectivity index (χ4n) is 2.58. The number of pyridine rings is 1. The van der Waals surface area contributed by atoms with Gasteiger partial charge in [-0.3, -0.25) is 4.98 Å². The Morgan fingerprint density at radius 2 is 2.41 bits per heavy atom. The van der Waals surface area contributed by atoms with Crippen molar-refractivity contribution in [3.05, 3.63) is 29.3 Å². The normalized spacial score (nSPS) is 18.2. The van der Waals surface area contributed by atoms with Gasteiger partial charge < -0.3 is 5.32 Å². The summed E-state index contributed by atoms with van der Waals surface area (Å²) < 4.78 is 1.31. The maximum absolute atomic E-state index is 4.56. The summed E-state index contributed by atoms with van der Waals surface area (Å²) in [6.45, 7) is 3.21. The number of thiophene rings is 1. The van der Waals surface area contributed by atoms with Gasteiger partial charge in [0.05, 0.1) is 10.2 Å². The van der Waals surface area contributed by atoms with Crippen LogP contribution < -0.4 is 5.32 Å². The summed E-state index contributed by atoms with van der Waals surface area (Å²) in [5.41, 5.74) is 2.49. The second-order valence-corrected chi connectivity index (χ2v) is 5.75. The third-order valence-corrected chi connectivity index (χ3v) is 4.58. The van der Waals surface area contributed by atoms with Gasteiger partial charge in [0.25, 0.3) is 0 Å². The lowest BCUT2D eigenvalue weighted by Gasteiger charge is -2.34. The summed E-state index contributed by atoms with van der Waals surface area (Å²) in [7, 11) is 0. The molecule has 1 aliphatic carbocycles. The summed E-state index contributed by atoms with van der Waals surface area (Å²) >= 11 is 1.78. The highest BCUT2D eigenvalue weighted by molar-refractivity contribution is 7.17. The van der Waals surface area contributed by atoms with Gasteiger partial charge in [-0.1, -0.05) is 13.3 Å². The van der Waals surface area contributed by atoms with Crippen molar-refractivity contribution in [2.75, 3.05) is 6.54 Å². The first-order valence-corrected chi connectivity index (χ1v) is 7.33. The number of hydrogen-bond acceptors (Lipinski definition) is 3. The predicted molar refractivity (Wildman–Crippen MR) is 73.4 cm³/mol. The number of nitrogens with zero attached hydrogens (tertiary/aromatic N) is 1. The van der Waals surface area contributed by atoms with Crippen LogP contribution in [0.4, 0.5) is 0 Å². The van der Waals surface area contributed by atoms with Crippen molar-refractivity contribution in [3.8, 4) is 0 Å². The summed E-state index contributed by atoms with van der Waals surface area (Å²) in [6, 6.07) is 4.92. The molecule has 2 heterocycles. The largest absolute Gasteiger partial charge is 0.310 e. The minimum absolute atomic E-state index is 0.507. The van der Waals surface area contributed by atoms with Crippen LogP contribution in [0.1, 0.15) is 37.8 Å². The number of nitrogens with one attached hydrogen (secondary N) is 1. The Labute approximate surface area is 106 Å². The van der Waals surface area contributed by atoms with Crippen LogP contribution in [0.15, 0.2) is 23.7 Å². The molecule has 2 aromatic rings. The average molecular weight is 246 g/mol. The topological polar surface area (TPSA) is 24.9 Å². The molecule has 1 atom stereocenters. The first-order chi connectivity index (χ1) is 8.38. The van der Waals surface area contributed by atoms with Crippen molar-refractivity contribution < 1.29 is 0 Å². The summed E-state index contributed by atoms with van der Waals surface area (Å²) in [4.78, 5) is 4.56. The zero-order valence-corrected chi connectivity index (χ0v) is 11.0. The van der Waals surface area contributed by atoms with Crippen molar-refractivity contribution in [3.63, 3.8) is 0 Å². The van der Waals surface area contributed by atoms with E-state index in [0.717, 1.165) is 18.0 Å². The minimum atomic E-state index is 0.507. The minimum Gasteiger partial charge on any atom is -0.310 e. The van der Waals surface area contributed by atoms with Gasteiger partial charge in [-0.2, -0.15) is 0 Å². The second kappa shape index (κ2) is 4.75. The van der Waals surface area contributed by atoms with E-state index < -0.39 is 0 Å². The lowest BCUT2D eigenvalue weighted by atomic mass is 9.77. The Bertz CT molecular complexity index is 502. The van der Waals surface area contributed by atoms with Gasteiger partial charge in [0.15, 0.2) is 0 Å². The standard InChI is InChI=1S/C14H18N2S/c1-2-15-14(10-4-3-5-10)11-8-13-12(16-9-11)6-7-17-13/h6-10,14-15H,2-5H2,1H3. The van der Waals surface area contributed by atoms with Gasteiger partial charge in [-0.15, -0.1) is 11.3 Å². The van der Waals surface area contributed by atoms with E-state index in [1.165, 1.54) is 29.5 Å². The van der Waals surface area contributed by atoms with Gasteiger partial charge in [-0.25, -0.2) is 0 Å². The van der Waals surface area contributed by atoms with Gasteiger partial charge in [0.1, 0.15) is 0 Å². The van der Waals surface area contributed by atoms with Crippen LogP contribution in [0, 0.1) is 5.92 Å². The molecule has 1 saturated carbocycles. The third kappa shape index (κ3) is 2.09. The van der Waals surface area contributed by atoms with Crippen molar-refractivity contribution in [2.24, 2.45) is 5.92 Å². The average Bonchev–Trinajstić information content (AvgIpc) is 2.72. The molecule has 0 radical (unpaired) electrons. The van der Waals surface area contributed by atoms with E-state index in [0.29, 0.717) is 6.04 Å². The molecule has 0 aliphatic heterocycles. The summed E-state index contributed by atoms with van der Waals surface area (Å²) in [5, 5.41) is 5.74. The lowest BCUT2D eigenvalue weighted by Crippen LogP contribution is -2.32. The van der Waals surface area contributed by atoms with Crippen molar-refractivity contribution >= 4 is 21.6 Å². The molecule has 1 N–H and O–H groups in total. The van der Waals surface area contributed by atoms with Crippen LogP contribution in [-0.4, -0.2) is 11.5 Å². The maximum Gasteiger partial charge on any atom is 0.0809 e. The van der Waals surface area contributed by atoms with E-state index >= 15 is 0 Å². The first-order valence-electron chi connectivity index (χ1n) is 6.45. The van der Waals surface area contributed by atoms with E-state index in [4.69, 9.17) is 0 Å². The summed E-state index contributed by atoms with van der Waals surface area (Å²) in [6.07, 6.45) is 6.17. The van der Waals surface area contributed by atoms with Gasteiger partial charge in [-0.05, 0) is 48.4 Å². The smallest absolute Gasteiger partial charge is 0.0809 e. The van der Waals surface area contributed by atoms with Gasteiger partial charge >= 0.3 is 0 Å². The maximum atomic E-state index is 4.56. The Morgan fingerprint density at radius 1 is 1.53 bits per heavy atom. The van der Waals surface area contributed by atoms with Crippen LogP contribution in [-0.2, 0) is 0 Å². The Morgan fingerprint density at radius 3 is 3.12 bits per heavy atom. The molecule has 2 aromatic heterocycles. The fraction of sp³-hybridized carbons (Fsp3) is 0.500. The molecule has 1 unspecified atom stereocenters. The predicted octanol–water partition coefficient (Wildman–Crippen LogP) is 3.75. The molecule has 0 spiro atoms. The number of fused-ring (bicyclic) bond motifs is 1. The van der Waals surface area contributed by atoms with Crippen molar-refractivity contribution in [1.29, 1.82) is 0 Å². The zero-order valence-electron chi connectivity index (χ0n) is 10.1. The molecular weight excluding hydrogens is 228 g/mol. The van der Waals surface area contributed by atoms with E-state index in [2.05, 4.69) is 40.9 Å². The van der Waals surface area contributed by atoms with Crippen LogP contribution in [0.3, 0.4) is 0 Å². The Balaban J connectivity index is 1.92. The van der Waals surface area contributed by atoms with Crippen LogP contribution in [0.5, 0.6) is 0 Å². The van der Waals surface area contributed by atoms with Crippen LogP contribution >= 0.6 is 11.3 Å². The molecule has 1 fully saturated rings. The molecule has 0 amide bonds. The SMILES string of the molecule is CCNC(c1cnc2ccsc2c1)C1CCC1. The zero-order chi connectivity index (χ0) is 11.7.